The van der Waals surface area contributed by atoms with Gasteiger partial charge in [-0.1, -0.05) is 48.5 Å². The number of likely N-dealkylation sites (tertiary alicyclic amines) is 1. The van der Waals surface area contributed by atoms with Crippen LogP contribution in [0, 0.1) is 11.8 Å². The van der Waals surface area contributed by atoms with Gasteiger partial charge in [-0.25, -0.2) is 0 Å². The SMILES string of the molecule is NC1CCC2CN(C(=O)CC(NC(=O)c3ccccc3)c3ccccc3)CC12. The van der Waals surface area contributed by atoms with E-state index < -0.39 is 0 Å². The monoisotopic (exact) mass is 377 g/mol. The molecule has 2 aromatic carbocycles. The lowest BCUT2D eigenvalue weighted by Crippen LogP contribution is -2.37. The Morgan fingerprint density at radius 1 is 1.00 bits per heavy atom. The summed E-state index contributed by atoms with van der Waals surface area (Å²) in [7, 11) is 0. The van der Waals surface area contributed by atoms with Gasteiger partial charge in [0.15, 0.2) is 0 Å². The van der Waals surface area contributed by atoms with E-state index in [4.69, 9.17) is 5.73 Å². The lowest BCUT2D eigenvalue weighted by atomic mass is 9.98. The maximum absolute atomic E-state index is 13.0. The Balaban J connectivity index is 1.47. The molecular formula is C23H27N3O2. The van der Waals surface area contributed by atoms with Crippen LogP contribution in [-0.4, -0.2) is 35.8 Å². The summed E-state index contributed by atoms with van der Waals surface area (Å²) in [4.78, 5) is 27.6. The second-order valence-electron chi connectivity index (χ2n) is 7.97. The van der Waals surface area contributed by atoms with Gasteiger partial charge >= 0.3 is 0 Å². The van der Waals surface area contributed by atoms with Gasteiger partial charge in [0.2, 0.25) is 5.91 Å². The summed E-state index contributed by atoms with van der Waals surface area (Å²) in [6.07, 6.45) is 2.44. The van der Waals surface area contributed by atoms with Crippen molar-refractivity contribution in [2.75, 3.05) is 13.1 Å². The number of amides is 2. The summed E-state index contributed by atoms with van der Waals surface area (Å²) in [6.45, 7) is 1.55. The van der Waals surface area contributed by atoms with Crippen molar-refractivity contribution < 1.29 is 9.59 Å². The quantitative estimate of drug-likeness (QED) is 0.841. The van der Waals surface area contributed by atoms with Gasteiger partial charge in [0.25, 0.3) is 5.91 Å². The average Bonchev–Trinajstić information content (AvgIpc) is 3.31. The van der Waals surface area contributed by atoms with Crippen LogP contribution < -0.4 is 11.1 Å². The molecule has 5 heteroatoms. The molecule has 0 spiro atoms. The molecule has 2 aliphatic rings. The van der Waals surface area contributed by atoms with Crippen molar-refractivity contribution in [3.05, 3.63) is 71.8 Å². The summed E-state index contributed by atoms with van der Waals surface area (Å²) in [5.41, 5.74) is 7.75. The number of hydrogen-bond acceptors (Lipinski definition) is 3. The van der Waals surface area contributed by atoms with Gasteiger partial charge in [0.05, 0.1) is 12.5 Å². The molecule has 2 aromatic rings. The highest BCUT2D eigenvalue weighted by Gasteiger charge is 2.42. The Kier molecular flexibility index (Phi) is 5.44. The number of fused-ring (bicyclic) bond motifs is 1. The van der Waals surface area contributed by atoms with Gasteiger partial charge in [-0.3, -0.25) is 9.59 Å². The predicted molar refractivity (Wildman–Crippen MR) is 108 cm³/mol. The van der Waals surface area contributed by atoms with Crippen LogP contribution >= 0.6 is 0 Å². The van der Waals surface area contributed by atoms with Crippen molar-refractivity contribution in [3.63, 3.8) is 0 Å². The molecule has 146 valence electrons. The molecule has 2 fully saturated rings. The molecule has 1 aliphatic heterocycles. The Labute approximate surface area is 165 Å². The molecule has 1 saturated heterocycles. The highest BCUT2D eigenvalue weighted by Crippen LogP contribution is 2.37. The van der Waals surface area contributed by atoms with Gasteiger partial charge in [0.1, 0.15) is 0 Å². The standard InChI is InChI=1S/C23H27N3O2/c24-20-12-11-18-14-26(15-19(18)20)22(27)13-21(16-7-3-1-4-8-16)25-23(28)17-9-5-2-6-10-17/h1-10,18-21H,11-15,24H2,(H,25,28). The van der Waals surface area contributed by atoms with Crippen LogP contribution in [0.15, 0.2) is 60.7 Å². The van der Waals surface area contributed by atoms with Crippen molar-refractivity contribution >= 4 is 11.8 Å². The first-order valence-electron chi connectivity index (χ1n) is 10.1. The topological polar surface area (TPSA) is 75.4 Å². The number of carbonyl (C=O) groups is 2. The number of carbonyl (C=O) groups excluding carboxylic acids is 2. The fraction of sp³-hybridized carbons (Fsp3) is 0.391. The van der Waals surface area contributed by atoms with Gasteiger partial charge < -0.3 is 16.0 Å². The maximum atomic E-state index is 13.0. The van der Waals surface area contributed by atoms with E-state index in [0.29, 0.717) is 17.4 Å². The van der Waals surface area contributed by atoms with E-state index in [-0.39, 0.29) is 30.3 Å². The van der Waals surface area contributed by atoms with Crippen LogP contribution in [0.1, 0.15) is 41.2 Å². The van der Waals surface area contributed by atoms with Crippen LogP contribution in [0.25, 0.3) is 0 Å². The summed E-state index contributed by atoms with van der Waals surface area (Å²) in [6, 6.07) is 18.7. The Morgan fingerprint density at radius 2 is 1.68 bits per heavy atom. The van der Waals surface area contributed by atoms with E-state index in [2.05, 4.69) is 5.32 Å². The largest absolute Gasteiger partial charge is 0.345 e. The third kappa shape index (κ3) is 3.94. The van der Waals surface area contributed by atoms with E-state index >= 15 is 0 Å². The zero-order chi connectivity index (χ0) is 19.5. The molecule has 4 rings (SSSR count). The molecule has 0 radical (unpaired) electrons. The van der Waals surface area contributed by atoms with E-state index in [1.54, 1.807) is 12.1 Å². The fourth-order valence-corrected chi connectivity index (χ4v) is 4.58. The molecular weight excluding hydrogens is 350 g/mol. The predicted octanol–water partition coefficient (Wildman–Crippen LogP) is 2.74. The molecule has 3 N–H and O–H groups in total. The highest BCUT2D eigenvalue weighted by atomic mass is 16.2. The van der Waals surface area contributed by atoms with Crippen LogP contribution in [0.3, 0.4) is 0 Å². The molecule has 2 amide bonds. The number of rotatable bonds is 5. The molecule has 0 aromatic heterocycles. The molecule has 0 bridgehead atoms. The third-order valence-electron chi connectivity index (χ3n) is 6.19. The summed E-state index contributed by atoms with van der Waals surface area (Å²) in [5.74, 6) is 0.887. The van der Waals surface area contributed by atoms with Crippen molar-refractivity contribution in [3.8, 4) is 0 Å². The first-order chi connectivity index (χ1) is 13.6. The summed E-state index contributed by atoms with van der Waals surface area (Å²) in [5, 5.41) is 3.05. The number of hydrogen-bond donors (Lipinski definition) is 2. The Hall–Kier alpha value is -2.66. The zero-order valence-corrected chi connectivity index (χ0v) is 16.0. The minimum absolute atomic E-state index is 0.0869. The van der Waals surface area contributed by atoms with Gasteiger partial charge in [0, 0.05) is 24.7 Å². The van der Waals surface area contributed by atoms with E-state index in [0.717, 1.165) is 31.5 Å². The van der Waals surface area contributed by atoms with Crippen molar-refractivity contribution in [1.82, 2.24) is 10.2 Å². The second kappa shape index (κ2) is 8.15. The molecule has 1 saturated carbocycles. The average molecular weight is 377 g/mol. The van der Waals surface area contributed by atoms with Gasteiger partial charge in [-0.15, -0.1) is 0 Å². The van der Waals surface area contributed by atoms with E-state index in [1.807, 2.05) is 53.4 Å². The first kappa shape index (κ1) is 18.7. The molecule has 4 unspecified atom stereocenters. The Bertz CT molecular complexity index is 824. The second-order valence-corrected chi connectivity index (χ2v) is 7.97. The molecule has 28 heavy (non-hydrogen) atoms. The molecule has 5 nitrogen and oxygen atoms in total. The van der Waals surface area contributed by atoms with Crippen LogP contribution in [0.2, 0.25) is 0 Å². The minimum Gasteiger partial charge on any atom is -0.345 e. The fourth-order valence-electron chi connectivity index (χ4n) is 4.58. The van der Waals surface area contributed by atoms with Crippen molar-refractivity contribution in [1.29, 1.82) is 0 Å². The molecule has 1 heterocycles. The van der Waals surface area contributed by atoms with Crippen molar-refractivity contribution in [2.45, 2.75) is 31.3 Å². The van der Waals surface area contributed by atoms with Gasteiger partial charge in [-0.2, -0.15) is 0 Å². The highest BCUT2D eigenvalue weighted by molar-refractivity contribution is 5.94. The van der Waals surface area contributed by atoms with Gasteiger partial charge in [-0.05, 0) is 42.4 Å². The summed E-state index contributed by atoms with van der Waals surface area (Å²) < 4.78 is 0. The van der Waals surface area contributed by atoms with Crippen LogP contribution in [0.4, 0.5) is 0 Å². The zero-order valence-electron chi connectivity index (χ0n) is 16.0. The lowest BCUT2D eigenvalue weighted by Gasteiger charge is -2.24. The van der Waals surface area contributed by atoms with E-state index in [9.17, 15) is 9.59 Å². The molecule has 4 atom stereocenters. The Morgan fingerprint density at radius 3 is 2.36 bits per heavy atom. The normalized spacial score (nSPS) is 24.6. The van der Waals surface area contributed by atoms with Crippen molar-refractivity contribution in [2.24, 2.45) is 17.6 Å². The molecule has 1 aliphatic carbocycles. The minimum atomic E-state index is -0.351. The maximum Gasteiger partial charge on any atom is 0.251 e. The number of nitrogens with one attached hydrogen (secondary N) is 1. The number of nitrogens with zero attached hydrogens (tertiary/aromatic N) is 1. The third-order valence-corrected chi connectivity index (χ3v) is 6.19. The van der Waals surface area contributed by atoms with Crippen LogP contribution in [-0.2, 0) is 4.79 Å². The smallest absolute Gasteiger partial charge is 0.251 e. The number of benzene rings is 2. The van der Waals surface area contributed by atoms with Crippen LogP contribution in [0.5, 0.6) is 0 Å². The summed E-state index contributed by atoms with van der Waals surface area (Å²) >= 11 is 0. The first-order valence-corrected chi connectivity index (χ1v) is 10.1. The van der Waals surface area contributed by atoms with E-state index in [1.165, 1.54) is 0 Å². The number of nitrogens with two attached hydrogens (primary N) is 1. The lowest BCUT2D eigenvalue weighted by molar-refractivity contribution is -0.131.